The average Bonchev–Trinajstić information content (AvgIpc) is 2.67. The van der Waals surface area contributed by atoms with Gasteiger partial charge in [-0.25, -0.2) is 13.2 Å². The fourth-order valence-electron chi connectivity index (χ4n) is 3.29. The number of amides is 1. The van der Waals surface area contributed by atoms with E-state index in [0.717, 1.165) is 0 Å². The second-order valence-corrected chi connectivity index (χ2v) is 9.79. The molecule has 0 radical (unpaired) electrons. The van der Waals surface area contributed by atoms with E-state index in [1.807, 2.05) is 6.92 Å². The maximum Gasteiger partial charge on any atom is 0.409 e. The van der Waals surface area contributed by atoms with Gasteiger partial charge in [0.25, 0.3) is 0 Å². The summed E-state index contributed by atoms with van der Waals surface area (Å²) in [6, 6.07) is 4.37. The van der Waals surface area contributed by atoms with Crippen molar-refractivity contribution in [3.63, 3.8) is 0 Å². The van der Waals surface area contributed by atoms with Gasteiger partial charge in [0.2, 0.25) is 10.0 Å². The Kier molecular flexibility index (Phi) is 7.90. The zero-order valence-electron chi connectivity index (χ0n) is 17.8. The van der Waals surface area contributed by atoms with Crippen LogP contribution in [0.4, 0.5) is 4.79 Å². The molecule has 1 fully saturated rings. The molecule has 2 rings (SSSR count). The van der Waals surface area contributed by atoms with Gasteiger partial charge in [-0.3, -0.25) is 4.79 Å². The lowest BCUT2D eigenvalue weighted by Crippen LogP contribution is -2.55. The van der Waals surface area contributed by atoms with Crippen LogP contribution in [0.5, 0.6) is 0 Å². The normalized spacial score (nSPS) is 21.5. The Bertz CT molecular complexity index is 913. The molecule has 1 aliphatic rings. The van der Waals surface area contributed by atoms with Crippen molar-refractivity contribution in [1.29, 1.82) is 0 Å². The predicted molar refractivity (Wildman–Crippen MR) is 115 cm³/mol. The van der Waals surface area contributed by atoms with Crippen LogP contribution in [0, 0.1) is 0 Å². The molecule has 1 aliphatic heterocycles. The van der Waals surface area contributed by atoms with Gasteiger partial charge in [0.05, 0.1) is 10.9 Å². The van der Waals surface area contributed by atoms with Crippen LogP contribution in [0.2, 0.25) is 5.02 Å². The number of ether oxygens (including phenoxy) is 1. The first-order chi connectivity index (χ1) is 14.0. The molecule has 8 nitrogen and oxygen atoms in total. The van der Waals surface area contributed by atoms with E-state index >= 15 is 0 Å². The minimum atomic E-state index is -3.99. The first-order valence-electron chi connectivity index (χ1n) is 9.53. The van der Waals surface area contributed by atoms with Gasteiger partial charge in [-0.1, -0.05) is 18.5 Å². The predicted octanol–water partition coefficient (Wildman–Crippen LogP) is 2.59. The zero-order valence-corrected chi connectivity index (χ0v) is 19.4. The Morgan fingerprint density at radius 3 is 2.33 bits per heavy atom. The highest BCUT2D eigenvalue weighted by Gasteiger charge is 2.45. The van der Waals surface area contributed by atoms with E-state index in [2.05, 4.69) is 0 Å². The van der Waals surface area contributed by atoms with Crippen molar-refractivity contribution in [2.45, 2.75) is 36.7 Å². The van der Waals surface area contributed by atoms with Crippen molar-refractivity contribution in [2.24, 2.45) is 0 Å². The third-order valence-electron chi connectivity index (χ3n) is 4.76. The van der Waals surface area contributed by atoms with E-state index in [9.17, 15) is 18.0 Å². The number of carbonyl (C=O) groups excluding carboxylic acids is 2. The highest BCUT2D eigenvalue weighted by Crippen LogP contribution is 2.33. The van der Waals surface area contributed by atoms with Gasteiger partial charge in [-0.15, -0.1) is 0 Å². The number of piperidine rings is 1. The van der Waals surface area contributed by atoms with Crippen LogP contribution in [-0.4, -0.2) is 81.3 Å². The largest absolute Gasteiger partial charge is 0.447 e. The van der Waals surface area contributed by atoms with E-state index in [4.69, 9.17) is 16.3 Å². The van der Waals surface area contributed by atoms with Crippen LogP contribution in [0.15, 0.2) is 40.9 Å². The second-order valence-electron chi connectivity index (χ2n) is 7.51. The van der Waals surface area contributed by atoms with Crippen molar-refractivity contribution < 1.29 is 22.7 Å². The Morgan fingerprint density at radius 2 is 1.83 bits per heavy atom. The molecular weight excluding hydrogens is 430 g/mol. The standard InChI is InChI=1S/C20H28ClN3O5S/c1-6-15-11-19(25)17(12-22(2)3)18(13-29-20(26)23(4)5)24(15)30(27,28)16-9-7-14(21)8-10-16/h7-10,12,15,18H,6,11,13H2,1-5H3/b17-12-. The van der Waals surface area contributed by atoms with Crippen molar-refractivity contribution >= 4 is 33.5 Å². The van der Waals surface area contributed by atoms with Crippen molar-refractivity contribution in [3.8, 4) is 0 Å². The molecule has 0 bridgehead atoms. The number of sulfonamides is 1. The molecule has 0 aromatic heterocycles. The molecule has 1 aromatic carbocycles. The molecular formula is C20H28ClN3O5S. The molecule has 2 atom stereocenters. The van der Waals surface area contributed by atoms with Gasteiger partial charge in [0, 0.05) is 57.4 Å². The Balaban J connectivity index is 2.57. The number of carbonyl (C=O) groups is 2. The van der Waals surface area contributed by atoms with Crippen LogP contribution in [-0.2, 0) is 19.6 Å². The van der Waals surface area contributed by atoms with E-state index < -0.39 is 28.2 Å². The summed E-state index contributed by atoms with van der Waals surface area (Å²) in [5.74, 6) is -0.163. The Morgan fingerprint density at radius 1 is 1.23 bits per heavy atom. The molecule has 30 heavy (non-hydrogen) atoms. The minimum Gasteiger partial charge on any atom is -0.447 e. The van der Waals surface area contributed by atoms with Crippen LogP contribution in [0.25, 0.3) is 0 Å². The number of halogens is 1. The molecule has 1 heterocycles. The lowest BCUT2D eigenvalue weighted by Gasteiger charge is -2.41. The van der Waals surface area contributed by atoms with Crippen molar-refractivity contribution in [3.05, 3.63) is 41.1 Å². The Labute approximate surface area is 183 Å². The minimum absolute atomic E-state index is 0.0567. The van der Waals surface area contributed by atoms with Gasteiger partial charge in [0.15, 0.2) is 5.78 Å². The molecule has 1 amide bonds. The van der Waals surface area contributed by atoms with Gasteiger partial charge < -0.3 is 14.5 Å². The number of rotatable bonds is 6. The number of nitrogens with zero attached hydrogens (tertiary/aromatic N) is 3. The van der Waals surface area contributed by atoms with Gasteiger partial charge >= 0.3 is 6.09 Å². The van der Waals surface area contributed by atoms with E-state index in [0.29, 0.717) is 11.4 Å². The molecule has 0 aliphatic carbocycles. The smallest absolute Gasteiger partial charge is 0.409 e. The van der Waals surface area contributed by atoms with Crippen LogP contribution < -0.4 is 0 Å². The topological polar surface area (TPSA) is 87.2 Å². The maximum absolute atomic E-state index is 13.6. The number of Topliss-reactive ketones (excluding diaryl/α,β-unsaturated/α-hetero) is 1. The fourth-order valence-corrected chi connectivity index (χ4v) is 5.27. The molecule has 2 unspecified atom stereocenters. The summed E-state index contributed by atoms with van der Waals surface area (Å²) in [4.78, 5) is 27.9. The van der Waals surface area contributed by atoms with E-state index in [1.165, 1.54) is 47.6 Å². The number of hydrogen-bond acceptors (Lipinski definition) is 6. The Hall–Kier alpha value is -2.10. The third kappa shape index (κ3) is 5.33. The van der Waals surface area contributed by atoms with Crippen LogP contribution in [0.1, 0.15) is 19.8 Å². The number of hydrogen-bond donors (Lipinski definition) is 0. The lowest BCUT2D eigenvalue weighted by molar-refractivity contribution is -0.119. The fraction of sp³-hybridized carbons (Fsp3) is 0.500. The summed E-state index contributed by atoms with van der Waals surface area (Å²) < 4.78 is 33.8. The maximum atomic E-state index is 13.6. The summed E-state index contributed by atoms with van der Waals surface area (Å²) in [5.41, 5.74) is 0.286. The quantitative estimate of drug-likeness (QED) is 0.610. The molecule has 1 aromatic rings. The van der Waals surface area contributed by atoms with Gasteiger partial charge in [-0.05, 0) is 30.7 Å². The zero-order chi connectivity index (χ0) is 22.6. The monoisotopic (exact) mass is 457 g/mol. The molecule has 0 spiro atoms. The summed E-state index contributed by atoms with van der Waals surface area (Å²) in [7, 11) is 2.55. The van der Waals surface area contributed by atoms with E-state index in [1.54, 1.807) is 25.2 Å². The van der Waals surface area contributed by atoms with Gasteiger partial charge in [0.1, 0.15) is 6.61 Å². The summed E-state index contributed by atoms with van der Waals surface area (Å²) in [6.07, 6.45) is 1.47. The average molecular weight is 458 g/mol. The molecule has 0 N–H and O–H groups in total. The highest BCUT2D eigenvalue weighted by molar-refractivity contribution is 7.89. The van der Waals surface area contributed by atoms with Crippen molar-refractivity contribution in [1.82, 2.24) is 14.1 Å². The first kappa shape index (κ1) is 24.2. The van der Waals surface area contributed by atoms with E-state index in [-0.39, 0.29) is 29.3 Å². The summed E-state index contributed by atoms with van der Waals surface area (Å²) in [5, 5.41) is 0.416. The molecule has 10 heteroatoms. The second kappa shape index (κ2) is 9.80. The number of benzene rings is 1. The van der Waals surface area contributed by atoms with Crippen LogP contribution >= 0.6 is 11.6 Å². The van der Waals surface area contributed by atoms with Crippen molar-refractivity contribution in [2.75, 3.05) is 34.8 Å². The SMILES string of the molecule is CCC1CC(=O)/C(=C\N(C)C)C(COC(=O)N(C)C)N1S(=O)(=O)c1ccc(Cl)cc1. The first-order valence-corrected chi connectivity index (χ1v) is 11.3. The molecule has 0 saturated carbocycles. The lowest BCUT2D eigenvalue weighted by atomic mass is 9.91. The van der Waals surface area contributed by atoms with Crippen LogP contribution in [0.3, 0.4) is 0 Å². The number of ketones is 1. The van der Waals surface area contributed by atoms with Gasteiger partial charge in [-0.2, -0.15) is 4.31 Å². The summed E-state index contributed by atoms with van der Waals surface area (Å²) >= 11 is 5.92. The molecule has 1 saturated heterocycles. The molecule has 166 valence electrons. The highest BCUT2D eigenvalue weighted by atomic mass is 35.5. The summed E-state index contributed by atoms with van der Waals surface area (Å²) in [6.45, 7) is 1.55. The third-order valence-corrected chi connectivity index (χ3v) is 6.98.